The van der Waals surface area contributed by atoms with Gasteiger partial charge in [-0.15, -0.1) is 0 Å². The molecule has 0 aliphatic carbocycles. The first-order valence-electron chi connectivity index (χ1n) is 4.61. The van der Waals surface area contributed by atoms with E-state index in [1.807, 2.05) is 13.8 Å². The molecule has 0 bridgehead atoms. The summed E-state index contributed by atoms with van der Waals surface area (Å²) in [4.78, 5) is 0. The molecule has 0 aromatic rings. The number of hydrogen-bond acceptors (Lipinski definition) is 2. The molecule has 0 unspecified atom stereocenters. The van der Waals surface area contributed by atoms with Crippen LogP contribution in [0, 0.1) is 0 Å². The predicted octanol–water partition coefficient (Wildman–Crippen LogP) is 1.09. The minimum absolute atomic E-state index is 0.0660. The molecule has 0 aromatic carbocycles. The number of hydrogen-bond donors (Lipinski definition) is 0. The van der Waals surface area contributed by atoms with Crippen molar-refractivity contribution in [1.82, 2.24) is 0 Å². The summed E-state index contributed by atoms with van der Waals surface area (Å²) in [6.07, 6.45) is 2.45. The Balaban J connectivity index is 2.40. The fourth-order valence-corrected chi connectivity index (χ4v) is 4.01. The second-order valence-corrected chi connectivity index (χ2v) is 5.27. The summed E-state index contributed by atoms with van der Waals surface area (Å²) in [6, 6.07) is 1.39. The molecule has 0 spiro atoms. The molecule has 1 fully saturated rings. The third kappa shape index (κ3) is 2.29. The van der Waals surface area contributed by atoms with Crippen molar-refractivity contribution in [3.63, 3.8) is 0 Å². The lowest BCUT2D eigenvalue weighted by Gasteiger charge is -2.28. The second kappa shape index (κ2) is 4.23. The van der Waals surface area contributed by atoms with Crippen LogP contribution in [0.3, 0.4) is 0 Å². The van der Waals surface area contributed by atoms with Gasteiger partial charge in [-0.25, -0.2) is 0 Å². The normalized spacial score (nSPS) is 24.5. The van der Waals surface area contributed by atoms with E-state index in [9.17, 15) is 0 Å². The van der Waals surface area contributed by atoms with Gasteiger partial charge in [-0.2, -0.15) is 0 Å². The third-order valence-electron chi connectivity index (χ3n) is 2.18. The largest absolute Gasteiger partial charge is 0.355 e. The van der Waals surface area contributed by atoms with E-state index < -0.39 is 0 Å². The molecule has 1 aliphatic rings. The Labute approximate surface area is 71.1 Å². The van der Waals surface area contributed by atoms with Crippen LogP contribution in [-0.2, 0) is 9.47 Å². The molecule has 1 rings (SSSR count). The fourth-order valence-electron chi connectivity index (χ4n) is 1.77. The zero-order chi connectivity index (χ0) is 8.16. The zero-order valence-corrected chi connectivity index (χ0v) is 8.97. The Morgan fingerprint density at radius 2 is 1.91 bits per heavy atom. The summed E-state index contributed by atoms with van der Waals surface area (Å²) < 4.78 is 11.3. The SMILES string of the molecule is CCOC1(OCC)CCC[SiH2]1. The summed E-state index contributed by atoms with van der Waals surface area (Å²) in [5.41, 5.74) is -0.0660. The minimum Gasteiger partial charge on any atom is -0.355 e. The quantitative estimate of drug-likeness (QED) is 0.469. The molecule has 0 N–H and O–H groups in total. The molecule has 1 saturated heterocycles. The van der Waals surface area contributed by atoms with E-state index in [1.54, 1.807) is 0 Å². The van der Waals surface area contributed by atoms with Gasteiger partial charge >= 0.3 is 0 Å². The van der Waals surface area contributed by atoms with Crippen molar-refractivity contribution in [2.24, 2.45) is 0 Å². The van der Waals surface area contributed by atoms with Crippen molar-refractivity contribution >= 4 is 9.52 Å². The van der Waals surface area contributed by atoms with Crippen molar-refractivity contribution in [2.75, 3.05) is 13.2 Å². The van der Waals surface area contributed by atoms with E-state index in [0.717, 1.165) is 19.6 Å². The highest BCUT2D eigenvalue weighted by Crippen LogP contribution is 2.28. The molecule has 1 aliphatic heterocycles. The van der Waals surface area contributed by atoms with Crippen molar-refractivity contribution in [3.8, 4) is 0 Å². The average Bonchev–Trinajstić information content (AvgIpc) is 2.39. The summed E-state index contributed by atoms with van der Waals surface area (Å²) >= 11 is 0. The molecular weight excluding hydrogens is 156 g/mol. The summed E-state index contributed by atoms with van der Waals surface area (Å²) in [6.45, 7) is 5.70. The van der Waals surface area contributed by atoms with Crippen molar-refractivity contribution in [3.05, 3.63) is 0 Å². The molecule has 3 heteroatoms. The van der Waals surface area contributed by atoms with Gasteiger partial charge in [0.1, 0.15) is 5.41 Å². The molecule has 1 heterocycles. The Morgan fingerprint density at radius 3 is 2.27 bits per heavy atom. The van der Waals surface area contributed by atoms with Crippen LogP contribution in [0.1, 0.15) is 26.7 Å². The topological polar surface area (TPSA) is 18.5 Å². The van der Waals surface area contributed by atoms with Crippen LogP contribution < -0.4 is 0 Å². The van der Waals surface area contributed by atoms with Gasteiger partial charge in [0.25, 0.3) is 0 Å². The molecule has 0 aromatic heterocycles. The molecule has 0 saturated carbocycles. The van der Waals surface area contributed by atoms with E-state index in [2.05, 4.69) is 0 Å². The molecule has 0 atom stereocenters. The van der Waals surface area contributed by atoms with Crippen LogP contribution >= 0.6 is 0 Å². The van der Waals surface area contributed by atoms with Gasteiger partial charge in [-0.1, -0.05) is 12.5 Å². The Hall–Kier alpha value is 0.137. The van der Waals surface area contributed by atoms with Crippen LogP contribution in [0.2, 0.25) is 6.04 Å². The maximum Gasteiger partial charge on any atom is 0.144 e. The summed E-state index contributed by atoms with van der Waals surface area (Å²) in [5.74, 6) is 0. The fraction of sp³-hybridized carbons (Fsp3) is 1.00. The van der Waals surface area contributed by atoms with Crippen LogP contribution in [-0.4, -0.2) is 28.1 Å². The monoisotopic (exact) mass is 174 g/mol. The predicted molar refractivity (Wildman–Crippen MR) is 48.6 cm³/mol. The highest BCUT2D eigenvalue weighted by atomic mass is 28.2. The Bertz CT molecular complexity index is 103. The van der Waals surface area contributed by atoms with E-state index in [1.165, 1.54) is 12.5 Å². The highest BCUT2D eigenvalue weighted by molar-refractivity contribution is 6.40. The van der Waals surface area contributed by atoms with Crippen LogP contribution in [0.15, 0.2) is 0 Å². The Kier molecular flexibility index (Phi) is 3.55. The molecule has 66 valence electrons. The Morgan fingerprint density at radius 1 is 1.27 bits per heavy atom. The first-order chi connectivity index (χ1) is 5.33. The lowest BCUT2D eigenvalue weighted by Crippen LogP contribution is -2.38. The molecule has 2 nitrogen and oxygen atoms in total. The molecular formula is C8H18O2Si. The minimum atomic E-state index is -0.116. The first kappa shape index (κ1) is 9.23. The van der Waals surface area contributed by atoms with Crippen molar-refractivity contribution in [2.45, 2.75) is 38.1 Å². The van der Waals surface area contributed by atoms with Gasteiger partial charge in [-0.3, -0.25) is 0 Å². The van der Waals surface area contributed by atoms with Crippen LogP contribution in [0.4, 0.5) is 0 Å². The lowest BCUT2D eigenvalue weighted by molar-refractivity contribution is -0.174. The van der Waals surface area contributed by atoms with Gasteiger partial charge in [0.05, 0.1) is 9.52 Å². The number of rotatable bonds is 4. The molecule has 0 radical (unpaired) electrons. The summed E-state index contributed by atoms with van der Waals surface area (Å²) in [7, 11) is -0.116. The smallest absolute Gasteiger partial charge is 0.144 e. The van der Waals surface area contributed by atoms with Crippen molar-refractivity contribution < 1.29 is 9.47 Å². The third-order valence-corrected chi connectivity index (χ3v) is 4.56. The van der Waals surface area contributed by atoms with E-state index >= 15 is 0 Å². The second-order valence-electron chi connectivity index (χ2n) is 2.98. The van der Waals surface area contributed by atoms with Gasteiger partial charge in [0.2, 0.25) is 0 Å². The van der Waals surface area contributed by atoms with Gasteiger partial charge in [-0.05, 0) is 20.3 Å². The number of ether oxygens (including phenoxy) is 2. The van der Waals surface area contributed by atoms with Crippen LogP contribution in [0.5, 0.6) is 0 Å². The zero-order valence-electron chi connectivity index (χ0n) is 7.56. The molecule has 0 amide bonds. The standard InChI is InChI=1S/C8H18O2Si/c1-3-9-8(10-4-2)6-5-7-11-8/h3-7,11H2,1-2H3. The van der Waals surface area contributed by atoms with Crippen molar-refractivity contribution in [1.29, 1.82) is 0 Å². The maximum absolute atomic E-state index is 5.67. The van der Waals surface area contributed by atoms with E-state index in [4.69, 9.17) is 9.47 Å². The first-order valence-corrected chi connectivity index (χ1v) is 6.31. The van der Waals surface area contributed by atoms with Gasteiger partial charge in [0, 0.05) is 13.2 Å². The van der Waals surface area contributed by atoms with E-state index in [-0.39, 0.29) is 14.9 Å². The average molecular weight is 174 g/mol. The van der Waals surface area contributed by atoms with Crippen LogP contribution in [0.25, 0.3) is 0 Å². The molecule has 11 heavy (non-hydrogen) atoms. The maximum atomic E-state index is 5.67. The van der Waals surface area contributed by atoms with Gasteiger partial charge < -0.3 is 9.47 Å². The van der Waals surface area contributed by atoms with Gasteiger partial charge in [0.15, 0.2) is 0 Å². The lowest BCUT2D eigenvalue weighted by atomic mass is 10.3. The van der Waals surface area contributed by atoms with E-state index in [0.29, 0.717) is 0 Å². The summed E-state index contributed by atoms with van der Waals surface area (Å²) in [5, 5.41) is 0. The highest BCUT2D eigenvalue weighted by Gasteiger charge is 2.34.